The highest BCUT2D eigenvalue weighted by Crippen LogP contribution is 2.27. The molecule has 0 spiro atoms. The summed E-state index contributed by atoms with van der Waals surface area (Å²) in [5.74, 6) is 0. The lowest BCUT2D eigenvalue weighted by atomic mass is 9.85. The minimum atomic E-state index is 0.204. The molecule has 2 nitrogen and oxygen atoms in total. The van der Waals surface area contributed by atoms with E-state index < -0.39 is 0 Å². The smallest absolute Gasteiger partial charge is 0.0557 e. The van der Waals surface area contributed by atoms with Gasteiger partial charge in [0.25, 0.3) is 0 Å². The van der Waals surface area contributed by atoms with Gasteiger partial charge in [-0.25, -0.2) is 0 Å². The first-order valence-electron chi connectivity index (χ1n) is 5.68. The predicted octanol–water partition coefficient (Wildman–Crippen LogP) is 2.95. The van der Waals surface area contributed by atoms with Crippen molar-refractivity contribution in [1.82, 2.24) is 0 Å². The van der Waals surface area contributed by atoms with Crippen LogP contribution in [0.2, 0.25) is 0 Å². The molecular weight excluding hydrogens is 188 g/mol. The second-order valence-corrected chi connectivity index (χ2v) is 4.40. The van der Waals surface area contributed by atoms with Crippen LogP contribution in [0.15, 0.2) is 24.3 Å². The van der Waals surface area contributed by atoms with E-state index in [0.717, 1.165) is 39.1 Å². The van der Waals surface area contributed by atoms with Crippen LogP contribution < -0.4 is 0 Å². The SMILES string of the molecule is COCCCCOCC1(C)C=CC=CC1. The molecule has 0 aromatic carbocycles. The van der Waals surface area contributed by atoms with Crippen molar-refractivity contribution in [3.63, 3.8) is 0 Å². The van der Waals surface area contributed by atoms with Gasteiger partial charge in [0.05, 0.1) is 6.61 Å². The quantitative estimate of drug-likeness (QED) is 0.601. The third kappa shape index (κ3) is 5.14. The van der Waals surface area contributed by atoms with E-state index in [4.69, 9.17) is 9.47 Å². The number of unbranched alkanes of at least 4 members (excludes halogenated alkanes) is 1. The molecule has 0 radical (unpaired) electrons. The van der Waals surface area contributed by atoms with Crippen molar-refractivity contribution in [1.29, 1.82) is 0 Å². The minimum Gasteiger partial charge on any atom is -0.385 e. The maximum Gasteiger partial charge on any atom is 0.0557 e. The molecule has 86 valence electrons. The number of hydrogen-bond donors (Lipinski definition) is 0. The van der Waals surface area contributed by atoms with Gasteiger partial charge in [-0.05, 0) is 19.3 Å². The van der Waals surface area contributed by atoms with Crippen molar-refractivity contribution in [3.8, 4) is 0 Å². The van der Waals surface area contributed by atoms with E-state index in [1.54, 1.807) is 7.11 Å². The Balaban J connectivity index is 2.04. The molecule has 1 unspecified atom stereocenters. The molecule has 0 heterocycles. The summed E-state index contributed by atoms with van der Waals surface area (Å²) in [6, 6.07) is 0. The van der Waals surface area contributed by atoms with Crippen LogP contribution in [0.1, 0.15) is 26.2 Å². The highest BCUT2D eigenvalue weighted by atomic mass is 16.5. The van der Waals surface area contributed by atoms with E-state index in [1.165, 1.54) is 0 Å². The molecule has 0 saturated heterocycles. The second-order valence-electron chi connectivity index (χ2n) is 4.40. The van der Waals surface area contributed by atoms with Gasteiger partial charge in [-0.2, -0.15) is 0 Å². The molecule has 0 aromatic heterocycles. The Morgan fingerprint density at radius 2 is 2.00 bits per heavy atom. The van der Waals surface area contributed by atoms with Crippen molar-refractivity contribution >= 4 is 0 Å². The van der Waals surface area contributed by atoms with Gasteiger partial charge in [0.2, 0.25) is 0 Å². The normalized spacial score (nSPS) is 24.7. The van der Waals surface area contributed by atoms with Crippen molar-refractivity contribution in [2.45, 2.75) is 26.2 Å². The summed E-state index contributed by atoms with van der Waals surface area (Å²) in [6.07, 6.45) is 11.9. The van der Waals surface area contributed by atoms with E-state index in [9.17, 15) is 0 Å². The van der Waals surface area contributed by atoms with Crippen molar-refractivity contribution in [3.05, 3.63) is 24.3 Å². The summed E-state index contributed by atoms with van der Waals surface area (Å²) in [6.45, 7) is 4.74. The van der Waals surface area contributed by atoms with Crippen LogP contribution in [0.4, 0.5) is 0 Å². The largest absolute Gasteiger partial charge is 0.385 e. The molecule has 0 aromatic rings. The van der Waals surface area contributed by atoms with E-state index in [1.807, 2.05) is 0 Å². The highest BCUT2D eigenvalue weighted by Gasteiger charge is 2.20. The average molecular weight is 210 g/mol. The molecular formula is C13H22O2. The lowest BCUT2D eigenvalue weighted by Crippen LogP contribution is -2.21. The predicted molar refractivity (Wildman–Crippen MR) is 62.9 cm³/mol. The molecule has 0 aliphatic heterocycles. The van der Waals surface area contributed by atoms with Crippen molar-refractivity contribution < 1.29 is 9.47 Å². The molecule has 2 heteroatoms. The summed E-state index contributed by atoms with van der Waals surface area (Å²) in [7, 11) is 1.74. The van der Waals surface area contributed by atoms with Gasteiger partial charge in [-0.3, -0.25) is 0 Å². The Labute approximate surface area is 93.0 Å². The lowest BCUT2D eigenvalue weighted by Gasteiger charge is -2.26. The zero-order valence-electron chi connectivity index (χ0n) is 9.87. The Kier molecular flexibility index (Phi) is 5.66. The fourth-order valence-corrected chi connectivity index (χ4v) is 1.63. The van der Waals surface area contributed by atoms with E-state index in [-0.39, 0.29) is 5.41 Å². The van der Waals surface area contributed by atoms with E-state index >= 15 is 0 Å². The van der Waals surface area contributed by atoms with Crippen LogP contribution in [0.5, 0.6) is 0 Å². The van der Waals surface area contributed by atoms with Crippen molar-refractivity contribution in [2.24, 2.45) is 5.41 Å². The van der Waals surface area contributed by atoms with E-state index in [0.29, 0.717) is 0 Å². The number of methoxy groups -OCH3 is 1. The van der Waals surface area contributed by atoms with Gasteiger partial charge < -0.3 is 9.47 Å². The van der Waals surface area contributed by atoms with E-state index in [2.05, 4.69) is 31.2 Å². The number of allylic oxidation sites excluding steroid dienone is 3. The Hall–Kier alpha value is -0.600. The third-order valence-electron chi connectivity index (χ3n) is 2.65. The molecule has 0 fully saturated rings. The topological polar surface area (TPSA) is 18.5 Å². The maximum atomic E-state index is 5.68. The summed E-state index contributed by atoms with van der Waals surface area (Å²) >= 11 is 0. The fourth-order valence-electron chi connectivity index (χ4n) is 1.63. The van der Waals surface area contributed by atoms with Crippen LogP contribution in [-0.2, 0) is 9.47 Å². The molecule has 0 bridgehead atoms. The average Bonchev–Trinajstić information content (AvgIpc) is 2.24. The van der Waals surface area contributed by atoms with Crippen LogP contribution in [0.25, 0.3) is 0 Å². The first kappa shape index (κ1) is 12.5. The zero-order chi connectivity index (χ0) is 11.0. The Bertz CT molecular complexity index is 221. The Morgan fingerprint density at radius 3 is 2.67 bits per heavy atom. The minimum absolute atomic E-state index is 0.204. The maximum absolute atomic E-state index is 5.68. The lowest BCUT2D eigenvalue weighted by molar-refractivity contribution is 0.0697. The van der Waals surface area contributed by atoms with Crippen LogP contribution in [-0.4, -0.2) is 26.9 Å². The van der Waals surface area contributed by atoms with Crippen LogP contribution >= 0.6 is 0 Å². The molecule has 1 aliphatic carbocycles. The zero-order valence-corrected chi connectivity index (χ0v) is 9.87. The van der Waals surface area contributed by atoms with Gasteiger partial charge in [0.15, 0.2) is 0 Å². The Morgan fingerprint density at radius 1 is 1.20 bits per heavy atom. The van der Waals surface area contributed by atoms with Crippen LogP contribution in [0.3, 0.4) is 0 Å². The molecule has 1 aliphatic rings. The highest BCUT2D eigenvalue weighted by molar-refractivity contribution is 5.15. The fraction of sp³-hybridized carbons (Fsp3) is 0.692. The second kappa shape index (κ2) is 6.81. The number of ether oxygens (including phenoxy) is 2. The molecule has 0 amide bonds. The summed E-state index contributed by atoms with van der Waals surface area (Å²) < 4.78 is 10.7. The van der Waals surface area contributed by atoms with Gasteiger partial charge in [-0.15, -0.1) is 0 Å². The van der Waals surface area contributed by atoms with Gasteiger partial charge in [0.1, 0.15) is 0 Å². The molecule has 0 saturated carbocycles. The van der Waals surface area contributed by atoms with Gasteiger partial charge in [0, 0.05) is 25.7 Å². The monoisotopic (exact) mass is 210 g/mol. The first-order chi connectivity index (χ1) is 7.27. The molecule has 1 atom stereocenters. The third-order valence-corrected chi connectivity index (χ3v) is 2.65. The molecule has 1 rings (SSSR count). The van der Waals surface area contributed by atoms with Crippen LogP contribution in [0, 0.1) is 5.41 Å². The number of rotatable bonds is 7. The van der Waals surface area contributed by atoms with Gasteiger partial charge >= 0.3 is 0 Å². The molecule has 15 heavy (non-hydrogen) atoms. The summed E-state index contributed by atoms with van der Waals surface area (Å²) in [5, 5.41) is 0. The first-order valence-corrected chi connectivity index (χ1v) is 5.68. The number of hydrogen-bond acceptors (Lipinski definition) is 2. The van der Waals surface area contributed by atoms with Crippen molar-refractivity contribution in [2.75, 3.05) is 26.9 Å². The summed E-state index contributed by atoms with van der Waals surface area (Å²) in [5.41, 5.74) is 0.204. The summed E-state index contributed by atoms with van der Waals surface area (Å²) in [4.78, 5) is 0. The van der Waals surface area contributed by atoms with Gasteiger partial charge in [-0.1, -0.05) is 31.2 Å². The molecule has 0 N–H and O–H groups in total. The standard InChI is InChI=1S/C13H22O2/c1-13(8-4-3-5-9-13)12-15-11-7-6-10-14-2/h3-5,8H,6-7,9-12H2,1-2H3.